The monoisotopic (exact) mass is 321 g/mol. The van der Waals surface area contributed by atoms with Gasteiger partial charge < -0.3 is 4.98 Å². The second-order valence-corrected chi connectivity index (χ2v) is 7.05. The molecule has 0 bridgehead atoms. The number of aromatic amines is 1. The zero-order valence-electron chi connectivity index (χ0n) is 13.1. The zero-order chi connectivity index (χ0) is 15.6. The van der Waals surface area contributed by atoms with Gasteiger partial charge in [-0.1, -0.05) is 17.8 Å². The summed E-state index contributed by atoms with van der Waals surface area (Å²) in [5.74, 6) is 0.548. The maximum absolute atomic E-state index is 4.48. The number of fused-ring (bicyclic) bond motifs is 1. The van der Waals surface area contributed by atoms with E-state index in [9.17, 15) is 0 Å². The lowest BCUT2D eigenvalue weighted by Crippen LogP contribution is -2.08. The first-order valence-electron chi connectivity index (χ1n) is 8.00. The van der Waals surface area contributed by atoms with Crippen LogP contribution in [0.3, 0.4) is 0 Å². The van der Waals surface area contributed by atoms with Crippen molar-refractivity contribution in [1.29, 1.82) is 0 Å². The highest BCUT2D eigenvalue weighted by Crippen LogP contribution is 2.39. The quantitative estimate of drug-likeness (QED) is 0.740. The first-order valence-corrected chi connectivity index (χ1v) is 8.82. The predicted octanol–water partition coefficient (Wildman–Crippen LogP) is 4.97. The summed E-state index contributed by atoms with van der Waals surface area (Å²) < 4.78 is 0. The van der Waals surface area contributed by atoms with Crippen LogP contribution in [-0.4, -0.2) is 22.7 Å². The van der Waals surface area contributed by atoms with E-state index in [4.69, 9.17) is 0 Å². The van der Waals surface area contributed by atoms with Gasteiger partial charge in [-0.2, -0.15) is 0 Å². The summed E-state index contributed by atoms with van der Waals surface area (Å²) in [6.07, 6.45) is 8.17. The van der Waals surface area contributed by atoms with Gasteiger partial charge in [0, 0.05) is 34.7 Å². The summed E-state index contributed by atoms with van der Waals surface area (Å²) in [6, 6.07) is 10.7. The highest BCUT2D eigenvalue weighted by molar-refractivity contribution is 7.99. The zero-order valence-corrected chi connectivity index (χ0v) is 13.9. The average Bonchev–Trinajstić information content (AvgIpc) is 2.96. The van der Waals surface area contributed by atoms with E-state index in [0.29, 0.717) is 5.92 Å². The Hall–Kier alpha value is -2.07. The van der Waals surface area contributed by atoms with E-state index in [0.717, 1.165) is 24.4 Å². The molecule has 1 aliphatic heterocycles. The largest absolute Gasteiger partial charge is 0.361 e. The van der Waals surface area contributed by atoms with E-state index in [1.165, 1.54) is 26.9 Å². The lowest BCUT2D eigenvalue weighted by atomic mass is 9.90. The Morgan fingerprint density at radius 2 is 2.22 bits per heavy atom. The van der Waals surface area contributed by atoms with Crippen LogP contribution < -0.4 is 0 Å². The smallest absolute Gasteiger partial charge is 0.101 e. The van der Waals surface area contributed by atoms with Crippen LogP contribution in [0.1, 0.15) is 29.9 Å². The third-order valence-corrected chi connectivity index (χ3v) is 5.46. The van der Waals surface area contributed by atoms with E-state index in [-0.39, 0.29) is 0 Å². The molecule has 3 heterocycles. The molecule has 1 aliphatic rings. The van der Waals surface area contributed by atoms with Crippen molar-refractivity contribution in [3.05, 3.63) is 53.9 Å². The molecule has 3 aromatic rings. The van der Waals surface area contributed by atoms with Gasteiger partial charge in [0.2, 0.25) is 0 Å². The number of benzene rings is 1. The van der Waals surface area contributed by atoms with Crippen molar-refractivity contribution < 1.29 is 0 Å². The van der Waals surface area contributed by atoms with Crippen LogP contribution in [-0.2, 0) is 0 Å². The van der Waals surface area contributed by atoms with E-state index in [1.54, 1.807) is 11.8 Å². The van der Waals surface area contributed by atoms with Crippen molar-refractivity contribution in [2.45, 2.75) is 35.6 Å². The molecule has 1 aromatic carbocycles. The van der Waals surface area contributed by atoms with Gasteiger partial charge in [-0.05, 0) is 67.3 Å². The number of pyridine rings is 1. The Morgan fingerprint density at radius 3 is 3.00 bits per heavy atom. The molecule has 3 nitrogen and oxygen atoms in total. The van der Waals surface area contributed by atoms with Gasteiger partial charge in [-0.15, -0.1) is 0 Å². The van der Waals surface area contributed by atoms with Crippen LogP contribution in [0.5, 0.6) is 0 Å². The van der Waals surface area contributed by atoms with E-state index < -0.39 is 0 Å². The third kappa shape index (κ3) is 2.91. The standard InChI is InChI=1S/C19H19N3S/c1-13-12-22-17-10-16(14-5-8-20-9-6-14)18(11-15(13)17)23-19-4-2-3-7-21-19/h2-4,7-8,10-12,14,22H,5-6,9H2,1H3/t14-/m1/s1. The van der Waals surface area contributed by atoms with Gasteiger partial charge in [0.25, 0.3) is 0 Å². The molecule has 0 spiro atoms. The summed E-state index contributed by atoms with van der Waals surface area (Å²) in [5, 5.41) is 2.35. The molecule has 1 N–H and O–H groups in total. The summed E-state index contributed by atoms with van der Waals surface area (Å²) in [4.78, 5) is 13.6. The lowest BCUT2D eigenvalue weighted by Gasteiger charge is -2.21. The van der Waals surface area contributed by atoms with Gasteiger partial charge in [-0.3, -0.25) is 4.99 Å². The summed E-state index contributed by atoms with van der Waals surface area (Å²) in [5.41, 5.74) is 3.94. The van der Waals surface area contributed by atoms with Crippen molar-refractivity contribution >= 4 is 28.9 Å². The van der Waals surface area contributed by atoms with Crippen LogP contribution >= 0.6 is 11.8 Å². The minimum Gasteiger partial charge on any atom is -0.361 e. The number of nitrogens with one attached hydrogen (secondary N) is 1. The van der Waals surface area contributed by atoms with Crippen LogP contribution in [0.15, 0.2) is 57.6 Å². The molecule has 4 heteroatoms. The number of hydrogen-bond acceptors (Lipinski definition) is 3. The van der Waals surface area contributed by atoms with Crippen LogP contribution in [0.25, 0.3) is 10.9 Å². The number of aryl methyl sites for hydroxylation is 1. The fourth-order valence-corrected chi connectivity index (χ4v) is 4.16. The SMILES string of the molecule is Cc1c[nH]c2cc([C@@H]3CC=NCC3)c(Sc3ccccn3)cc12. The lowest BCUT2D eigenvalue weighted by molar-refractivity contribution is 0.629. The van der Waals surface area contributed by atoms with Crippen molar-refractivity contribution in [1.82, 2.24) is 9.97 Å². The Kier molecular flexibility index (Phi) is 3.92. The Labute approximate surface area is 140 Å². The molecule has 116 valence electrons. The van der Waals surface area contributed by atoms with Crippen molar-refractivity contribution in [2.24, 2.45) is 4.99 Å². The second-order valence-electron chi connectivity index (χ2n) is 5.99. The molecule has 0 aliphatic carbocycles. The molecular weight excluding hydrogens is 302 g/mol. The molecule has 0 radical (unpaired) electrons. The number of hydrogen-bond donors (Lipinski definition) is 1. The molecule has 0 amide bonds. The van der Waals surface area contributed by atoms with Gasteiger partial charge in [0.15, 0.2) is 0 Å². The Balaban J connectivity index is 1.81. The Bertz CT molecular complexity index is 852. The second kappa shape index (κ2) is 6.20. The third-order valence-electron chi connectivity index (χ3n) is 4.44. The van der Waals surface area contributed by atoms with E-state index in [2.05, 4.69) is 52.5 Å². The molecule has 0 unspecified atom stereocenters. The molecule has 0 fully saturated rings. The van der Waals surface area contributed by atoms with E-state index >= 15 is 0 Å². The molecule has 4 rings (SSSR count). The Morgan fingerprint density at radius 1 is 1.26 bits per heavy atom. The van der Waals surface area contributed by atoms with Gasteiger partial charge in [0.1, 0.15) is 5.03 Å². The van der Waals surface area contributed by atoms with Gasteiger partial charge in [0.05, 0.1) is 0 Å². The number of rotatable bonds is 3. The van der Waals surface area contributed by atoms with Crippen LogP contribution in [0.2, 0.25) is 0 Å². The van der Waals surface area contributed by atoms with Crippen molar-refractivity contribution in [2.75, 3.05) is 6.54 Å². The van der Waals surface area contributed by atoms with Crippen LogP contribution in [0, 0.1) is 6.92 Å². The summed E-state index contributed by atoms with van der Waals surface area (Å²) in [7, 11) is 0. The van der Waals surface area contributed by atoms with Gasteiger partial charge >= 0.3 is 0 Å². The molecule has 1 atom stereocenters. The normalized spacial score (nSPS) is 17.7. The number of H-pyrrole nitrogens is 1. The van der Waals surface area contributed by atoms with E-state index in [1.807, 2.05) is 18.3 Å². The van der Waals surface area contributed by atoms with Gasteiger partial charge in [-0.25, -0.2) is 4.98 Å². The first kappa shape index (κ1) is 14.5. The number of aromatic nitrogens is 2. The van der Waals surface area contributed by atoms with Crippen LogP contribution in [0.4, 0.5) is 0 Å². The summed E-state index contributed by atoms with van der Waals surface area (Å²) in [6.45, 7) is 3.08. The van der Waals surface area contributed by atoms with Crippen molar-refractivity contribution in [3.63, 3.8) is 0 Å². The summed E-state index contributed by atoms with van der Waals surface area (Å²) >= 11 is 1.77. The minimum atomic E-state index is 0.548. The highest BCUT2D eigenvalue weighted by atomic mass is 32.2. The topological polar surface area (TPSA) is 41.0 Å². The molecule has 2 aromatic heterocycles. The number of nitrogens with zero attached hydrogens (tertiary/aromatic N) is 2. The number of aliphatic imine (C=N–C) groups is 1. The fraction of sp³-hybridized carbons (Fsp3) is 0.263. The molecule has 23 heavy (non-hydrogen) atoms. The van der Waals surface area contributed by atoms with Crippen molar-refractivity contribution in [3.8, 4) is 0 Å². The molecule has 0 saturated carbocycles. The maximum atomic E-state index is 4.48. The maximum Gasteiger partial charge on any atom is 0.101 e. The average molecular weight is 321 g/mol. The first-order chi connectivity index (χ1) is 11.3. The fourth-order valence-electron chi connectivity index (χ4n) is 3.16. The molecule has 0 saturated heterocycles. The molecular formula is C19H19N3S. The minimum absolute atomic E-state index is 0.548. The predicted molar refractivity (Wildman–Crippen MR) is 96.7 cm³/mol. The highest BCUT2D eigenvalue weighted by Gasteiger charge is 2.19.